The van der Waals surface area contributed by atoms with E-state index in [9.17, 15) is 14.9 Å². The number of para-hydroxylation sites is 2. The molecule has 1 heterocycles. The van der Waals surface area contributed by atoms with Gasteiger partial charge in [0.15, 0.2) is 10.1 Å². The van der Waals surface area contributed by atoms with Gasteiger partial charge < -0.3 is 4.74 Å². The Labute approximate surface area is 152 Å². The molecule has 3 rings (SSSR count). The van der Waals surface area contributed by atoms with Gasteiger partial charge in [-0.15, -0.1) is 10.2 Å². The van der Waals surface area contributed by atoms with Crippen LogP contribution in [0.25, 0.3) is 0 Å². The number of ether oxygens (including phenoxy) is 1. The van der Waals surface area contributed by atoms with Crippen molar-refractivity contribution in [2.45, 2.75) is 30.1 Å². The minimum absolute atomic E-state index is 0.0186. The van der Waals surface area contributed by atoms with Crippen molar-refractivity contribution in [2.75, 3.05) is 17.3 Å². The van der Waals surface area contributed by atoms with Crippen LogP contribution in [-0.2, 0) is 4.79 Å². The minimum Gasteiger partial charge on any atom is -0.486 e. The molecule has 1 aliphatic rings. The third-order valence-electron chi connectivity index (χ3n) is 3.48. The Morgan fingerprint density at radius 3 is 2.88 bits per heavy atom. The molecular weight excluding hydrogens is 364 g/mol. The molecule has 1 aromatic heterocycles. The first-order valence-electron chi connectivity index (χ1n) is 7.68. The zero-order valence-corrected chi connectivity index (χ0v) is 15.1. The van der Waals surface area contributed by atoms with Gasteiger partial charge in [0.25, 0.3) is 0 Å². The van der Waals surface area contributed by atoms with Crippen LogP contribution >= 0.6 is 23.1 Å². The molecule has 132 valence electrons. The van der Waals surface area contributed by atoms with E-state index in [1.165, 1.54) is 36.1 Å². The number of nitro groups is 1. The second kappa shape index (κ2) is 7.79. The van der Waals surface area contributed by atoms with Crippen molar-refractivity contribution < 1.29 is 14.5 Å². The highest BCUT2D eigenvalue weighted by Crippen LogP contribution is 2.35. The summed E-state index contributed by atoms with van der Waals surface area (Å²) in [6.07, 6.45) is 2.01. The molecule has 0 aliphatic heterocycles. The van der Waals surface area contributed by atoms with Crippen molar-refractivity contribution in [3.8, 4) is 5.75 Å². The molecular formula is C15H16N4O4S2. The monoisotopic (exact) mass is 380 g/mol. The van der Waals surface area contributed by atoms with E-state index in [4.69, 9.17) is 4.74 Å². The van der Waals surface area contributed by atoms with E-state index in [1.54, 1.807) is 23.1 Å². The number of hydrogen-bond donors (Lipinski definition) is 0. The number of amides is 1. The first-order chi connectivity index (χ1) is 12.1. The predicted molar refractivity (Wildman–Crippen MR) is 95.4 cm³/mol. The molecule has 0 saturated heterocycles. The SMILES string of the molecule is CC(=O)N(c1nnc(SCCOc2ccccc2[N+](=O)[O-])s1)C1CC1. The number of benzene rings is 1. The maximum absolute atomic E-state index is 11.7. The lowest BCUT2D eigenvalue weighted by Crippen LogP contribution is -2.30. The number of carbonyl (C=O) groups is 1. The van der Waals surface area contributed by atoms with Crippen molar-refractivity contribution in [1.29, 1.82) is 0 Å². The van der Waals surface area contributed by atoms with Crippen molar-refractivity contribution in [1.82, 2.24) is 10.2 Å². The van der Waals surface area contributed by atoms with Crippen LogP contribution in [-0.4, -0.2) is 39.4 Å². The largest absolute Gasteiger partial charge is 0.486 e. The molecule has 25 heavy (non-hydrogen) atoms. The average molecular weight is 380 g/mol. The van der Waals surface area contributed by atoms with Gasteiger partial charge in [-0.05, 0) is 18.9 Å². The highest BCUT2D eigenvalue weighted by atomic mass is 32.2. The van der Waals surface area contributed by atoms with Crippen LogP contribution < -0.4 is 9.64 Å². The summed E-state index contributed by atoms with van der Waals surface area (Å²) < 4.78 is 6.23. The van der Waals surface area contributed by atoms with Gasteiger partial charge in [-0.2, -0.15) is 0 Å². The summed E-state index contributed by atoms with van der Waals surface area (Å²) in [7, 11) is 0. The molecule has 0 bridgehead atoms. The molecule has 8 nitrogen and oxygen atoms in total. The Hall–Kier alpha value is -2.20. The van der Waals surface area contributed by atoms with Crippen molar-refractivity contribution in [2.24, 2.45) is 0 Å². The number of nitrogens with zero attached hydrogens (tertiary/aromatic N) is 4. The molecule has 0 unspecified atom stereocenters. The standard InChI is InChI=1S/C15H16N4O4S2/c1-10(20)18(11-6-7-11)14-16-17-15(25-14)24-9-8-23-13-5-3-2-4-12(13)19(21)22/h2-5,11H,6-9H2,1H3. The van der Waals surface area contributed by atoms with E-state index in [0.717, 1.165) is 17.2 Å². The first kappa shape index (κ1) is 17.6. The minimum atomic E-state index is -0.465. The van der Waals surface area contributed by atoms with Crippen molar-refractivity contribution in [3.63, 3.8) is 0 Å². The summed E-state index contributed by atoms with van der Waals surface area (Å²) in [4.78, 5) is 23.9. The van der Waals surface area contributed by atoms with Gasteiger partial charge in [-0.25, -0.2) is 0 Å². The number of anilines is 1. The maximum atomic E-state index is 11.7. The normalized spacial score (nSPS) is 13.5. The zero-order chi connectivity index (χ0) is 17.8. The summed E-state index contributed by atoms with van der Waals surface area (Å²) in [6.45, 7) is 1.84. The fraction of sp³-hybridized carbons (Fsp3) is 0.400. The predicted octanol–water partition coefficient (Wildman–Crippen LogP) is 3.13. The van der Waals surface area contributed by atoms with Crippen LogP contribution in [0.3, 0.4) is 0 Å². The Kier molecular flexibility index (Phi) is 5.49. The van der Waals surface area contributed by atoms with Crippen LogP contribution in [0, 0.1) is 10.1 Å². The number of thioether (sulfide) groups is 1. The average Bonchev–Trinajstić information content (AvgIpc) is 3.30. The molecule has 1 aliphatic carbocycles. The summed E-state index contributed by atoms with van der Waals surface area (Å²) in [6, 6.07) is 6.54. The smallest absolute Gasteiger partial charge is 0.310 e. The lowest BCUT2D eigenvalue weighted by molar-refractivity contribution is -0.385. The summed E-state index contributed by atoms with van der Waals surface area (Å²) in [5, 5.41) is 19.7. The fourth-order valence-electron chi connectivity index (χ4n) is 2.25. The molecule has 0 N–H and O–H groups in total. The number of carbonyl (C=O) groups excluding carboxylic acids is 1. The van der Waals surface area contributed by atoms with E-state index < -0.39 is 4.92 Å². The highest BCUT2D eigenvalue weighted by molar-refractivity contribution is 8.01. The van der Waals surface area contributed by atoms with Gasteiger partial charge in [0, 0.05) is 24.8 Å². The van der Waals surface area contributed by atoms with Gasteiger partial charge >= 0.3 is 5.69 Å². The summed E-state index contributed by atoms with van der Waals surface area (Å²) in [5.41, 5.74) is -0.0489. The summed E-state index contributed by atoms with van der Waals surface area (Å²) >= 11 is 2.82. The lowest BCUT2D eigenvalue weighted by atomic mass is 10.3. The third kappa shape index (κ3) is 4.45. The van der Waals surface area contributed by atoms with Crippen LogP contribution in [0.2, 0.25) is 0 Å². The van der Waals surface area contributed by atoms with Crippen molar-refractivity contribution in [3.05, 3.63) is 34.4 Å². The van der Waals surface area contributed by atoms with E-state index in [1.807, 2.05) is 0 Å². The molecule has 2 aromatic rings. The Bertz CT molecular complexity index is 778. The topological polar surface area (TPSA) is 98.5 Å². The number of aromatic nitrogens is 2. The molecule has 1 aromatic carbocycles. The van der Waals surface area contributed by atoms with Gasteiger partial charge in [-0.3, -0.25) is 19.8 Å². The van der Waals surface area contributed by atoms with E-state index in [-0.39, 0.29) is 23.4 Å². The molecule has 0 spiro atoms. The van der Waals surface area contributed by atoms with Gasteiger partial charge in [0.05, 0.1) is 11.5 Å². The van der Waals surface area contributed by atoms with E-state index in [2.05, 4.69) is 10.2 Å². The van der Waals surface area contributed by atoms with Gasteiger partial charge in [0.1, 0.15) is 0 Å². The quantitative estimate of drug-likeness (QED) is 0.228. The molecule has 1 fully saturated rings. The van der Waals surface area contributed by atoms with Gasteiger partial charge in [-0.1, -0.05) is 35.2 Å². The lowest BCUT2D eigenvalue weighted by Gasteiger charge is -2.15. The Morgan fingerprint density at radius 1 is 1.44 bits per heavy atom. The number of hydrogen-bond acceptors (Lipinski definition) is 8. The van der Waals surface area contributed by atoms with Crippen LogP contribution in [0.5, 0.6) is 5.75 Å². The molecule has 10 heteroatoms. The van der Waals surface area contributed by atoms with Crippen LogP contribution in [0.1, 0.15) is 19.8 Å². The second-order valence-electron chi connectivity index (χ2n) is 5.39. The zero-order valence-electron chi connectivity index (χ0n) is 13.5. The Morgan fingerprint density at radius 2 is 2.20 bits per heavy atom. The molecule has 1 amide bonds. The molecule has 0 atom stereocenters. The second-order valence-corrected chi connectivity index (χ2v) is 7.69. The summed E-state index contributed by atoms with van der Waals surface area (Å²) in [5.74, 6) is 0.807. The maximum Gasteiger partial charge on any atom is 0.310 e. The van der Waals surface area contributed by atoms with Crippen molar-refractivity contribution >= 4 is 39.8 Å². The first-order valence-corrected chi connectivity index (χ1v) is 9.49. The van der Waals surface area contributed by atoms with E-state index >= 15 is 0 Å². The number of nitro benzene ring substituents is 1. The fourth-order valence-corrected chi connectivity index (χ4v) is 4.09. The van der Waals surface area contributed by atoms with Gasteiger partial charge in [0.2, 0.25) is 11.0 Å². The van der Waals surface area contributed by atoms with Crippen LogP contribution in [0.4, 0.5) is 10.8 Å². The Balaban J connectivity index is 1.52. The highest BCUT2D eigenvalue weighted by Gasteiger charge is 2.34. The van der Waals surface area contributed by atoms with Crippen LogP contribution in [0.15, 0.2) is 28.6 Å². The number of rotatable bonds is 8. The molecule has 0 radical (unpaired) electrons. The third-order valence-corrected chi connectivity index (χ3v) is 5.50. The molecule has 1 saturated carbocycles. The van der Waals surface area contributed by atoms with E-state index in [0.29, 0.717) is 17.5 Å².